The first-order valence-corrected chi connectivity index (χ1v) is 14.9. The van der Waals surface area contributed by atoms with Crippen LogP contribution in [0.25, 0.3) is 10.8 Å². The van der Waals surface area contributed by atoms with Crippen LogP contribution < -0.4 is 22.5 Å². The molecule has 2 amide bonds. The number of phenols is 1. The van der Waals surface area contributed by atoms with Gasteiger partial charge in [0.1, 0.15) is 23.1 Å². The van der Waals surface area contributed by atoms with Crippen LogP contribution in [0.2, 0.25) is 0 Å². The number of aliphatic imine (C=N–C) groups is 1. The van der Waals surface area contributed by atoms with Crippen molar-refractivity contribution in [1.82, 2.24) is 5.32 Å². The molecule has 0 fully saturated rings. The Balaban J connectivity index is 1.52. The first kappa shape index (κ1) is 31.5. The third-order valence-electron chi connectivity index (χ3n) is 8.03. The highest BCUT2D eigenvalue weighted by Gasteiger charge is 2.50. The topological polar surface area (TPSA) is 183 Å². The van der Waals surface area contributed by atoms with Gasteiger partial charge in [0.2, 0.25) is 17.6 Å². The molecule has 0 saturated carbocycles. The Morgan fingerprint density at radius 1 is 0.911 bits per heavy atom. The van der Waals surface area contributed by atoms with Crippen LogP contribution in [0.15, 0.2) is 96.0 Å². The zero-order valence-electron chi connectivity index (χ0n) is 24.8. The van der Waals surface area contributed by atoms with Gasteiger partial charge in [-0.3, -0.25) is 14.4 Å². The van der Waals surface area contributed by atoms with E-state index in [-0.39, 0.29) is 36.7 Å². The molecule has 5 rings (SSSR count). The molecule has 10 heteroatoms. The lowest BCUT2D eigenvalue weighted by Crippen LogP contribution is -2.55. The van der Waals surface area contributed by atoms with Crippen molar-refractivity contribution in [2.45, 2.75) is 43.4 Å². The molecule has 232 valence electrons. The molecule has 0 aliphatic carbocycles. The Hall–Kier alpha value is -4.90. The molecule has 0 saturated heterocycles. The van der Waals surface area contributed by atoms with Gasteiger partial charge in [-0.2, -0.15) is 0 Å². The number of hydrogen-bond donors (Lipinski definition) is 5. The maximum absolute atomic E-state index is 14.5. The van der Waals surface area contributed by atoms with Crippen molar-refractivity contribution in [3.8, 4) is 5.75 Å². The van der Waals surface area contributed by atoms with E-state index in [0.29, 0.717) is 36.2 Å². The molecule has 1 heterocycles. The molecule has 45 heavy (non-hydrogen) atoms. The van der Waals surface area contributed by atoms with E-state index < -0.39 is 29.5 Å². The summed E-state index contributed by atoms with van der Waals surface area (Å²) in [5, 5.41) is 13.9. The smallest absolute Gasteiger partial charge is 0.240 e. The Labute approximate surface area is 261 Å². The van der Waals surface area contributed by atoms with Gasteiger partial charge in [0.15, 0.2) is 0 Å². The minimum Gasteiger partial charge on any atom is -0.508 e. The maximum atomic E-state index is 14.5. The van der Waals surface area contributed by atoms with Gasteiger partial charge in [-0.1, -0.05) is 72.8 Å². The third kappa shape index (κ3) is 6.78. The number of nitrogens with two attached hydrogens (primary N) is 3. The molecule has 0 spiro atoms. The van der Waals surface area contributed by atoms with Gasteiger partial charge < -0.3 is 32.4 Å². The van der Waals surface area contributed by atoms with E-state index in [1.54, 1.807) is 24.3 Å². The van der Waals surface area contributed by atoms with Crippen LogP contribution in [0.5, 0.6) is 5.75 Å². The van der Waals surface area contributed by atoms with Crippen molar-refractivity contribution in [1.29, 1.82) is 0 Å². The lowest BCUT2D eigenvalue weighted by molar-refractivity contribution is -0.129. The number of fused-ring (bicyclic) bond motifs is 2. The molecule has 1 unspecified atom stereocenters. The monoisotopic (exact) mass is 607 g/mol. The molecular weight excluding hydrogens is 570 g/mol. The summed E-state index contributed by atoms with van der Waals surface area (Å²) in [6.45, 7) is 0.675. The highest BCUT2D eigenvalue weighted by atomic mass is 16.5. The Kier molecular flexibility index (Phi) is 9.68. The van der Waals surface area contributed by atoms with Crippen LogP contribution in [0.3, 0.4) is 0 Å². The molecule has 1 aliphatic heterocycles. The summed E-state index contributed by atoms with van der Waals surface area (Å²) >= 11 is 0. The number of Topliss-reactive ketones (excluding diaryl/α,β-unsaturated/α-hetero) is 1. The molecule has 0 bridgehead atoms. The van der Waals surface area contributed by atoms with Gasteiger partial charge in [0, 0.05) is 24.2 Å². The quantitative estimate of drug-likeness (QED) is 0.107. The number of unbranched alkanes of at least 4 members (excludes halogenated alkanes) is 1. The summed E-state index contributed by atoms with van der Waals surface area (Å²) in [6, 6.07) is 24.3. The SMILES string of the molecule is NCCCCOC1(C[C@H](NC(=O)[C@@H](N)Cc2ccc(O)cc2)C(N)=O)C(C(=O)c2cccc3ccccc23)=Nc2ccccc21. The van der Waals surface area contributed by atoms with Gasteiger partial charge in [-0.25, -0.2) is 4.99 Å². The minimum absolute atomic E-state index is 0.0923. The molecule has 0 radical (unpaired) electrons. The number of aromatic hydroxyl groups is 1. The van der Waals surface area contributed by atoms with Gasteiger partial charge in [-0.05, 0) is 60.3 Å². The van der Waals surface area contributed by atoms with Crippen molar-refractivity contribution in [2.75, 3.05) is 13.2 Å². The fourth-order valence-corrected chi connectivity index (χ4v) is 5.71. The fraction of sp³-hybridized carbons (Fsp3) is 0.257. The van der Waals surface area contributed by atoms with Gasteiger partial charge in [0.05, 0.1) is 11.7 Å². The first-order valence-electron chi connectivity index (χ1n) is 14.9. The van der Waals surface area contributed by atoms with E-state index in [2.05, 4.69) is 5.32 Å². The normalized spacial score (nSPS) is 16.9. The van der Waals surface area contributed by atoms with E-state index in [4.69, 9.17) is 26.9 Å². The van der Waals surface area contributed by atoms with E-state index >= 15 is 0 Å². The van der Waals surface area contributed by atoms with Crippen LogP contribution in [-0.2, 0) is 26.3 Å². The average Bonchev–Trinajstić information content (AvgIpc) is 3.37. The van der Waals surface area contributed by atoms with Crippen LogP contribution >= 0.6 is 0 Å². The maximum Gasteiger partial charge on any atom is 0.240 e. The second-order valence-electron chi connectivity index (χ2n) is 11.1. The fourth-order valence-electron chi connectivity index (χ4n) is 5.71. The number of hydrogen-bond acceptors (Lipinski definition) is 8. The van der Waals surface area contributed by atoms with E-state index in [1.165, 1.54) is 12.1 Å². The number of primary amides is 1. The summed E-state index contributed by atoms with van der Waals surface area (Å²) in [5.41, 5.74) is 18.7. The molecule has 3 atom stereocenters. The van der Waals surface area contributed by atoms with Crippen molar-refractivity contribution >= 4 is 39.8 Å². The summed E-state index contributed by atoms with van der Waals surface area (Å²) in [6.07, 6.45) is 1.26. The van der Waals surface area contributed by atoms with Crippen molar-refractivity contribution in [3.05, 3.63) is 108 Å². The lowest BCUT2D eigenvalue weighted by Gasteiger charge is -2.35. The number of para-hydroxylation sites is 1. The largest absolute Gasteiger partial charge is 0.508 e. The average molecular weight is 608 g/mol. The molecule has 8 N–H and O–H groups in total. The van der Waals surface area contributed by atoms with E-state index in [0.717, 1.165) is 16.3 Å². The predicted molar refractivity (Wildman–Crippen MR) is 173 cm³/mol. The Morgan fingerprint density at radius 3 is 2.38 bits per heavy atom. The molecule has 10 nitrogen and oxygen atoms in total. The van der Waals surface area contributed by atoms with Gasteiger partial charge in [-0.15, -0.1) is 0 Å². The number of carbonyl (C=O) groups excluding carboxylic acids is 3. The summed E-state index contributed by atoms with van der Waals surface area (Å²) < 4.78 is 6.59. The number of nitrogens with zero attached hydrogens (tertiary/aromatic N) is 1. The molecular formula is C35H37N5O5. The molecule has 1 aliphatic rings. The van der Waals surface area contributed by atoms with E-state index in [1.807, 2.05) is 54.6 Å². The zero-order chi connectivity index (χ0) is 32.0. The van der Waals surface area contributed by atoms with Crippen LogP contribution in [-0.4, -0.2) is 53.7 Å². The second-order valence-corrected chi connectivity index (χ2v) is 11.1. The van der Waals surface area contributed by atoms with Gasteiger partial charge in [0.25, 0.3) is 0 Å². The van der Waals surface area contributed by atoms with E-state index in [9.17, 15) is 19.5 Å². The van der Waals surface area contributed by atoms with Crippen molar-refractivity contribution in [2.24, 2.45) is 22.2 Å². The highest BCUT2D eigenvalue weighted by Crippen LogP contribution is 2.45. The number of phenolic OH excluding ortho intramolecular Hbond substituents is 1. The third-order valence-corrected chi connectivity index (χ3v) is 8.03. The van der Waals surface area contributed by atoms with Gasteiger partial charge >= 0.3 is 0 Å². The molecule has 4 aromatic rings. The predicted octanol–water partition coefficient (Wildman–Crippen LogP) is 3.40. The number of ether oxygens (including phenoxy) is 1. The molecule has 4 aromatic carbocycles. The number of benzene rings is 4. The van der Waals surface area contributed by atoms with Crippen LogP contribution in [0, 0.1) is 0 Å². The number of amides is 2. The molecule has 0 aromatic heterocycles. The number of ketones is 1. The second kappa shape index (κ2) is 13.8. The zero-order valence-corrected chi connectivity index (χ0v) is 24.8. The Bertz CT molecular complexity index is 1730. The summed E-state index contributed by atoms with van der Waals surface area (Å²) in [5.74, 6) is -1.68. The Morgan fingerprint density at radius 2 is 1.62 bits per heavy atom. The highest BCUT2D eigenvalue weighted by molar-refractivity contribution is 6.51. The van der Waals surface area contributed by atoms with Crippen LogP contribution in [0.1, 0.15) is 40.7 Å². The number of nitrogens with one attached hydrogen (secondary N) is 1. The van der Waals surface area contributed by atoms with Crippen LogP contribution in [0.4, 0.5) is 5.69 Å². The standard InChI is InChI=1S/C35H37N5O5/c36-18-5-6-19-45-35(21-30(33(38)43)40-34(44)28(37)20-22-14-16-24(41)17-15-22)27-12-3-4-13-29(27)39-32(35)31(42)26-11-7-9-23-8-1-2-10-25(23)26/h1-4,7-17,28,30,41H,5-6,18-21,36-37H2,(H2,38,43)(H,40,44)/t28-,30-,35?/m0/s1. The lowest BCUT2D eigenvalue weighted by atomic mass is 9.80. The summed E-state index contributed by atoms with van der Waals surface area (Å²) in [4.78, 5) is 45.5. The minimum atomic E-state index is -1.51. The van der Waals surface area contributed by atoms with Crippen molar-refractivity contribution < 1.29 is 24.2 Å². The number of carbonyl (C=O) groups is 3. The number of rotatable bonds is 14. The van der Waals surface area contributed by atoms with Crippen molar-refractivity contribution in [3.63, 3.8) is 0 Å². The summed E-state index contributed by atoms with van der Waals surface area (Å²) in [7, 11) is 0. The first-order chi connectivity index (χ1) is 21.7.